The minimum absolute atomic E-state index is 0.237. The number of likely N-dealkylation sites (N-methyl/N-ethyl adjacent to an activating group) is 1. The number of nitrogens with one attached hydrogen (secondary N) is 1. The molecule has 108 valence electrons. The monoisotopic (exact) mass is 263 g/mol. The Kier molecular flexibility index (Phi) is 7.57. The fourth-order valence-corrected chi connectivity index (χ4v) is 1.99. The number of unbranched alkanes of at least 4 members (excludes halogenated alkanes) is 1. The predicted octanol–water partition coefficient (Wildman–Crippen LogP) is 4.04. The molecule has 0 aliphatic heterocycles. The van der Waals surface area contributed by atoms with E-state index in [0.29, 0.717) is 5.92 Å². The molecule has 0 bridgehead atoms. The van der Waals surface area contributed by atoms with E-state index in [2.05, 4.69) is 57.3 Å². The Morgan fingerprint density at radius 2 is 1.79 bits per heavy atom. The Morgan fingerprint density at radius 1 is 1.11 bits per heavy atom. The normalized spacial score (nSPS) is 12.7. The Hall–Kier alpha value is -1.02. The van der Waals surface area contributed by atoms with Crippen molar-refractivity contribution in [2.75, 3.05) is 13.1 Å². The average molecular weight is 263 g/mol. The number of aryl methyl sites for hydroxylation is 1. The molecule has 1 rings (SSSR count). The molecular weight excluding hydrogens is 234 g/mol. The third-order valence-electron chi connectivity index (χ3n) is 3.37. The van der Waals surface area contributed by atoms with Gasteiger partial charge in [-0.1, -0.05) is 46.2 Å². The summed E-state index contributed by atoms with van der Waals surface area (Å²) in [5.41, 5.74) is 1.40. The summed E-state index contributed by atoms with van der Waals surface area (Å²) in [6.07, 6.45) is 3.91. The number of ether oxygens (including phenoxy) is 1. The van der Waals surface area contributed by atoms with Crippen LogP contribution in [0.15, 0.2) is 24.3 Å². The van der Waals surface area contributed by atoms with Crippen LogP contribution in [0.4, 0.5) is 0 Å². The van der Waals surface area contributed by atoms with Crippen molar-refractivity contribution in [1.29, 1.82) is 0 Å². The van der Waals surface area contributed by atoms with Gasteiger partial charge in [0.15, 0.2) is 0 Å². The minimum atomic E-state index is 0.237. The lowest BCUT2D eigenvalue weighted by atomic mass is 10.1. The molecule has 0 saturated heterocycles. The summed E-state index contributed by atoms with van der Waals surface area (Å²) in [6, 6.07) is 8.59. The van der Waals surface area contributed by atoms with Gasteiger partial charge in [-0.15, -0.1) is 0 Å². The van der Waals surface area contributed by atoms with Gasteiger partial charge in [-0.2, -0.15) is 0 Å². The first-order chi connectivity index (χ1) is 9.17. The number of rotatable bonds is 9. The zero-order valence-corrected chi connectivity index (χ0v) is 12.9. The van der Waals surface area contributed by atoms with Gasteiger partial charge in [0.25, 0.3) is 0 Å². The van der Waals surface area contributed by atoms with Crippen molar-refractivity contribution in [3.8, 4) is 5.75 Å². The Morgan fingerprint density at radius 3 is 2.32 bits per heavy atom. The molecule has 0 aromatic heterocycles. The second-order valence-corrected chi connectivity index (χ2v) is 5.46. The molecule has 0 aliphatic rings. The molecule has 19 heavy (non-hydrogen) atoms. The summed E-state index contributed by atoms with van der Waals surface area (Å²) in [5.74, 6) is 1.50. The maximum atomic E-state index is 6.07. The van der Waals surface area contributed by atoms with E-state index < -0.39 is 0 Å². The topological polar surface area (TPSA) is 21.3 Å². The Bertz CT molecular complexity index is 332. The van der Waals surface area contributed by atoms with E-state index in [0.717, 1.165) is 18.8 Å². The van der Waals surface area contributed by atoms with Gasteiger partial charge in [0.1, 0.15) is 11.9 Å². The summed E-state index contributed by atoms with van der Waals surface area (Å²) in [6.45, 7) is 10.7. The van der Waals surface area contributed by atoms with Crippen LogP contribution in [0, 0.1) is 5.92 Å². The highest BCUT2D eigenvalue weighted by Gasteiger charge is 2.14. The van der Waals surface area contributed by atoms with E-state index in [-0.39, 0.29) is 6.10 Å². The van der Waals surface area contributed by atoms with Crippen LogP contribution >= 0.6 is 0 Å². The highest BCUT2D eigenvalue weighted by atomic mass is 16.5. The van der Waals surface area contributed by atoms with E-state index in [4.69, 9.17) is 4.74 Å². The molecule has 0 fully saturated rings. The third kappa shape index (κ3) is 6.11. The zero-order chi connectivity index (χ0) is 14.1. The second kappa shape index (κ2) is 8.98. The number of hydrogen-bond donors (Lipinski definition) is 1. The quantitative estimate of drug-likeness (QED) is 0.726. The van der Waals surface area contributed by atoms with Gasteiger partial charge in [-0.05, 0) is 43.0 Å². The van der Waals surface area contributed by atoms with Crippen LogP contribution in [0.3, 0.4) is 0 Å². The lowest BCUT2D eigenvalue weighted by Gasteiger charge is -2.23. The fraction of sp³-hybridized carbons (Fsp3) is 0.647. The maximum Gasteiger partial charge on any atom is 0.119 e. The van der Waals surface area contributed by atoms with E-state index in [1.807, 2.05) is 0 Å². The highest BCUT2D eigenvalue weighted by molar-refractivity contribution is 5.27. The van der Waals surface area contributed by atoms with E-state index in [9.17, 15) is 0 Å². The summed E-state index contributed by atoms with van der Waals surface area (Å²) >= 11 is 0. The smallest absolute Gasteiger partial charge is 0.119 e. The van der Waals surface area contributed by atoms with Crippen LogP contribution in [0.5, 0.6) is 5.75 Å². The summed E-state index contributed by atoms with van der Waals surface area (Å²) < 4.78 is 6.07. The van der Waals surface area contributed by atoms with Gasteiger partial charge >= 0.3 is 0 Å². The summed E-state index contributed by atoms with van der Waals surface area (Å²) in [4.78, 5) is 0. The van der Waals surface area contributed by atoms with Crippen LogP contribution in [-0.4, -0.2) is 19.2 Å². The summed E-state index contributed by atoms with van der Waals surface area (Å²) in [5, 5.41) is 3.36. The molecule has 0 saturated carbocycles. The lowest BCUT2D eigenvalue weighted by molar-refractivity contribution is 0.149. The molecule has 1 N–H and O–H groups in total. The zero-order valence-electron chi connectivity index (χ0n) is 12.9. The van der Waals surface area contributed by atoms with Crippen molar-refractivity contribution >= 4 is 0 Å². The van der Waals surface area contributed by atoms with E-state index >= 15 is 0 Å². The van der Waals surface area contributed by atoms with E-state index in [1.165, 1.54) is 24.8 Å². The van der Waals surface area contributed by atoms with Crippen LogP contribution in [-0.2, 0) is 6.42 Å². The van der Waals surface area contributed by atoms with Crippen LogP contribution in [0.1, 0.15) is 46.1 Å². The van der Waals surface area contributed by atoms with Crippen LogP contribution in [0.2, 0.25) is 0 Å². The largest absolute Gasteiger partial charge is 0.489 e. The SMILES string of the molecule is CCCCc1ccc(OC(CNCC)C(C)C)cc1. The van der Waals surface area contributed by atoms with Crippen molar-refractivity contribution < 1.29 is 4.74 Å². The third-order valence-corrected chi connectivity index (χ3v) is 3.37. The first-order valence-electron chi connectivity index (χ1n) is 7.63. The second-order valence-electron chi connectivity index (χ2n) is 5.46. The molecule has 2 nitrogen and oxygen atoms in total. The van der Waals surface area contributed by atoms with Gasteiger partial charge in [0, 0.05) is 6.54 Å². The lowest BCUT2D eigenvalue weighted by Crippen LogP contribution is -2.35. The molecule has 1 aromatic carbocycles. The number of benzene rings is 1. The van der Waals surface area contributed by atoms with Gasteiger partial charge in [0.05, 0.1) is 0 Å². The predicted molar refractivity (Wildman–Crippen MR) is 82.9 cm³/mol. The van der Waals surface area contributed by atoms with Crippen LogP contribution in [0.25, 0.3) is 0 Å². The standard InChI is InChI=1S/C17H29NO/c1-5-7-8-15-9-11-16(12-10-15)19-17(14(3)4)13-18-6-2/h9-12,14,17-18H,5-8,13H2,1-4H3. The first-order valence-corrected chi connectivity index (χ1v) is 7.63. The molecule has 1 aromatic rings. The van der Waals surface area contributed by atoms with Crippen molar-refractivity contribution in [3.63, 3.8) is 0 Å². The fourth-order valence-electron chi connectivity index (χ4n) is 1.99. The molecule has 2 heteroatoms. The molecule has 0 aliphatic carbocycles. The molecule has 1 atom stereocenters. The molecule has 0 spiro atoms. The molecule has 0 radical (unpaired) electrons. The van der Waals surface area contributed by atoms with Gasteiger partial charge in [-0.25, -0.2) is 0 Å². The molecule has 0 heterocycles. The van der Waals surface area contributed by atoms with Crippen molar-refractivity contribution in [1.82, 2.24) is 5.32 Å². The van der Waals surface area contributed by atoms with Gasteiger partial charge in [0.2, 0.25) is 0 Å². The van der Waals surface area contributed by atoms with Gasteiger partial charge < -0.3 is 10.1 Å². The van der Waals surface area contributed by atoms with Crippen molar-refractivity contribution in [3.05, 3.63) is 29.8 Å². The Labute approximate surface area is 118 Å². The maximum absolute atomic E-state index is 6.07. The van der Waals surface area contributed by atoms with Crippen molar-refractivity contribution in [2.45, 2.75) is 53.1 Å². The first kappa shape index (κ1) is 16.0. The van der Waals surface area contributed by atoms with E-state index in [1.54, 1.807) is 0 Å². The van der Waals surface area contributed by atoms with Crippen LogP contribution < -0.4 is 10.1 Å². The molecular formula is C17H29NO. The molecule has 1 unspecified atom stereocenters. The average Bonchev–Trinajstić information content (AvgIpc) is 2.42. The highest BCUT2D eigenvalue weighted by Crippen LogP contribution is 2.17. The summed E-state index contributed by atoms with van der Waals surface area (Å²) in [7, 11) is 0. The van der Waals surface area contributed by atoms with Gasteiger partial charge in [-0.3, -0.25) is 0 Å². The Balaban J connectivity index is 2.54. The number of hydrogen-bond acceptors (Lipinski definition) is 2. The minimum Gasteiger partial charge on any atom is -0.489 e. The van der Waals surface area contributed by atoms with Crippen molar-refractivity contribution in [2.24, 2.45) is 5.92 Å². The molecule has 0 amide bonds.